The van der Waals surface area contributed by atoms with Crippen LogP contribution >= 0.6 is 0 Å². The average Bonchev–Trinajstić information content (AvgIpc) is 2.69. The van der Waals surface area contributed by atoms with Crippen LogP contribution in [0.2, 0.25) is 0 Å². The van der Waals surface area contributed by atoms with Gasteiger partial charge in [-0.2, -0.15) is 5.10 Å². The minimum atomic E-state index is -0.358. The smallest absolute Gasteiger partial charge is 0.291 e. The number of rotatable bonds is 6. The van der Waals surface area contributed by atoms with Gasteiger partial charge in [0.15, 0.2) is 5.78 Å². The number of hydrogen-bond donors (Lipinski definition) is 1. The van der Waals surface area contributed by atoms with Crippen LogP contribution in [0, 0.1) is 0 Å². The molecular formula is C20H20N4O3. The number of carbonyl (C=O) groups is 1. The van der Waals surface area contributed by atoms with Gasteiger partial charge < -0.3 is 10.1 Å². The first kappa shape index (κ1) is 18.3. The fraction of sp³-hybridized carbons (Fsp3) is 0.200. The SMILES string of the molecule is CCn1nc(-c2ccncc2)c(C(C)=O)c(Nc2cccc(OC)c2)c1=O. The van der Waals surface area contributed by atoms with Gasteiger partial charge >= 0.3 is 0 Å². The van der Waals surface area contributed by atoms with Gasteiger partial charge in [-0.05, 0) is 38.1 Å². The summed E-state index contributed by atoms with van der Waals surface area (Å²) in [5.41, 5.74) is 1.88. The molecule has 0 aliphatic carbocycles. The Labute approximate surface area is 156 Å². The molecule has 0 aliphatic heterocycles. The van der Waals surface area contributed by atoms with Gasteiger partial charge in [0.05, 0.1) is 12.7 Å². The van der Waals surface area contributed by atoms with Crippen molar-refractivity contribution in [2.75, 3.05) is 12.4 Å². The van der Waals surface area contributed by atoms with E-state index < -0.39 is 0 Å². The van der Waals surface area contributed by atoms with Crippen molar-refractivity contribution in [1.82, 2.24) is 14.8 Å². The first-order chi connectivity index (χ1) is 13.0. The molecule has 2 heterocycles. The zero-order chi connectivity index (χ0) is 19.4. The van der Waals surface area contributed by atoms with Crippen molar-refractivity contribution >= 4 is 17.2 Å². The molecular weight excluding hydrogens is 344 g/mol. The van der Waals surface area contributed by atoms with Crippen molar-refractivity contribution in [3.05, 3.63) is 64.7 Å². The molecule has 7 heteroatoms. The van der Waals surface area contributed by atoms with E-state index in [1.807, 2.05) is 6.92 Å². The Morgan fingerprint density at radius 2 is 1.96 bits per heavy atom. The molecule has 0 atom stereocenters. The molecule has 27 heavy (non-hydrogen) atoms. The molecule has 3 rings (SSSR count). The van der Waals surface area contributed by atoms with Gasteiger partial charge in [-0.1, -0.05) is 6.07 Å². The summed E-state index contributed by atoms with van der Waals surface area (Å²) in [5, 5.41) is 7.50. The van der Waals surface area contributed by atoms with Crippen LogP contribution in [0.4, 0.5) is 11.4 Å². The number of aryl methyl sites for hydroxylation is 1. The molecule has 2 aromatic heterocycles. The first-order valence-electron chi connectivity index (χ1n) is 8.52. The number of hydrogen-bond acceptors (Lipinski definition) is 6. The van der Waals surface area contributed by atoms with Crippen molar-refractivity contribution in [3.63, 3.8) is 0 Å². The number of Topliss-reactive ketones (excluding diaryl/α,β-unsaturated/α-hetero) is 1. The maximum Gasteiger partial charge on any atom is 0.291 e. The second-order valence-electron chi connectivity index (χ2n) is 5.87. The lowest BCUT2D eigenvalue weighted by Crippen LogP contribution is -2.28. The molecule has 1 aromatic carbocycles. The Balaban J connectivity index is 2.25. The molecule has 0 fully saturated rings. The number of methoxy groups -OCH3 is 1. The second kappa shape index (κ2) is 7.82. The standard InChI is InChI=1S/C20H20N4O3/c1-4-24-20(26)19(22-15-6-5-7-16(12-15)27-3)17(13(2)25)18(23-24)14-8-10-21-11-9-14/h5-12,22H,4H2,1-3H3. The molecule has 0 unspecified atom stereocenters. The maximum absolute atomic E-state index is 12.9. The number of nitrogens with one attached hydrogen (secondary N) is 1. The summed E-state index contributed by atoms with van der Waals surface area (Å²) in [6.45, 7) is 3.63. The van der Waals surface area contributed by atoms with Gasteiger partial charge in [0.25, 0.3) is 5.56 Å². The summed E-state index contributed by atoms with van der Waals surface area (Å²) >= 11 is 0. The molecule has 0 bridgehead atoms. The topological polar surface area (TPSA) is 86.1 Å². The summed E-state index contributed by atoms with van der Waals surface area (Å²) < 4.78 is 6.57. The fourth-order valence-electron chi connectivity index (χ4n) is 2.80. The number of pyridine rings is 1. The van der Waals surface area contributed by atoms with E-state index in [4.69, 9.17) is 4.74 Å². The minimum Gasteiger partial charge on any atom is -0.497 e. The predicted molar refractivity (Wildman–Crippen MR) is 104 cm³/mol. The van der Waals surface area contributed by atoms with Crippen LogP contribution in [-0.4, -0.2) is 27.7 Å². The lowest BCUT2D eigenvalue weighted by atomic mass is 10.0. The van der Waals surface area contributed by atoms with Crippen molar-refractivity contribution in [2.24, 2.45) is 0 Å². The van der Waals surface area contributed by atoms with Crippen LogP contribution in [0.1, 0.15) is 24.2 Å². The summed E-state index contributed by atoms with van der Waals surface area (Å²) in [7, 11) is 1.57. The number of ketones is 1. The van der Waals surface area contributed by atoms with E-state index in [1.165, 1.54) is 11.6 Å². The number of benzene rings is 1. The Morgan fingerprint density at radius 1 is 1.22 bits per heavy atom. The molecule has 0 saturated carbocycles. The quantitative estimate of drug-likeness (QED) is 0.676. The lowest BCUT2D eigenvalue weighted by Gasteiger charge is -2.16. The number of carbonyl (C=O) groups excluding carboxylic acids is 1. The van der Waals surface area contributed by atoms with Gasteiger partial charge in [0.1, 0.15) is 17.1 Å². The molecule has 138 valence electrons. The Kier molecular flexibility index (Phi) is 5.30. The highest BCUT2D eigenvalue weighted by molar-refractivity contribution is 6.05. The molecule has 0 saturated heterocycles. The summed E-state index contributed by atoms with van der Waals surface area (Å²) in [6, 6.07) is 10.7. The second-order valence-corrected chi connectivity index (χ2v) is 5.87. The molecule has 0 aliphatic rings. The van der Waals surface area contributed by atoms with Crippen molar-refractivity contribution < 1.29 is 9.53 Å². The highest BCUT2D eigenvalue weighted by atomic mass is 16.5. The van der Waals surface area contributed by atoms with E-state index >= 15 is 0 Å². The van der Waals surface area contributed by atoms with Gasteiger partial charge in [-0.3, -0.25) is 14.6 Å². The first-order valence-corrected chi connectivity index (χ1v) is 8.52. The third kappa shape index (κ3) is 3.72. The molecule has 0 amide bonds. The number of anilines is 2. The Bertz CT molecular complexity index is 1030. The van der Waals surface area contributed by atoms with Gasteiger partial charge in [0.2, 0.25) is 0 Å². The van der Waals surface area contributed by atoms with Crippen molar-refractivity contribution in [1.29, 1.82) is 0 Å². The summed E-state index contributed by atoms with van der Waals surface area (Å²) in [6.07, 6.45) is 3.25. The molecule has 0 radical (unpaired) electrons. The van der Waals surface area contributed by atoms with E-state index in [1.54, 1.807) is 55.9 Å². The third-order valence-electron chi connectivity index (χ3n) is 4.10. The van der Waals surface area contributed by atoms with E-state index in [0.29, 0.717) is 29.2 Å². The normalized spacial score (nSPS) is 10.5. The highest BCUT2D eigenvalue weighted by Gasteiger charge is 2.22. The van der Waals surface area contributed by atoms with Crippen LogP contribution in [0.15, 0.2) is 53.6 Å². The number of nitrogens with zero attached hydrogens (tertiary/aromatic N) is 3. The number of aromatic nitrogens is 3. The van der Waals surface area contributed by atoms with Crippen molar-refractivity contribution in [3.8, 4) is 17.0 Å². The van der Waals surface area contributed by atoms with Crippen LogP contribution in [-0.2, 0) is 6.54 Å². The van der Waals surface area contributed by atoms with E-state index in [-0.39, 0.29) is 22.6 Å². The fourth-order valence-corrected chi connectivity index (χ4v) is 2.80. The lowest BCUT2D eigenvalue weighted by molar-refractivity contribution is 0.101. The van der Waals surface area contributed by atoms with Crippen LogP contribution in [0.3, 0.4) is 0 Å². The highest BCUT2D eigenvalue weighted by Crippen LogP contribution is 2.28. The van der Waals surface area contributed by atoms with Gasteiger partial charge in [-0.15, -0.1) is 0 Å². The zero-order valence-electron chi connectivity index (χ0n) is 15.4. The van der Waals surface area contributed by atoms with Gasteiger partial charge in [0, 0.05) is 36.3 Å². The minimum absolute atomic E-state index is 0.194. The van der Waals surface area contributed by atoms with Crippen LogP contribution in [0.5, 0.6) is 5.75 Å². The summed E-state index contributed by atoms with van der Waals surface area (Å²) in [5.74, 6) is 0.392. The van der Waals surface area contributed by atoms with E-state index in [2.05, 4.69) is 15.4 Å². The molecule has 1 N–H and O–H groups in total. The molecule has 7 nitrogen and oxygen atoms in total. The largest absolute Gasteiger partial charge is 0.497 e. The third-order valence-corrected chi connectivity index (χ3v) is 4.10. The van der Waals surface area contributed by atoms with Gasteiger partial charge in [-0.25, -0.2) is 4.68 Å². The number of ether oxygens (including phenoxy) is 1. The van der Waals surface area contributed by atoms with Crippen LogP contribution < -0.4 is 15.6 Å². The van der Waals surface area contributed by atoms with Crippen molar-refractivity contribution in [2.45, 2.75) is 20.4 Å². The van der Waals surface area contributed by atoms with E-state index in [9.17, 15) is 9.59 Å². The monoisotopic (exact) mass is 364 g/mol. The Morgan fingerprint density at radius 3 is 2.59 bits per heavy atom. The molecule has 0 spiro atoms. The van der Waals surface area contributed by atoms with Crippen LogP contribution in [0.25, 0.3) is 11.3 Å². The Hall–Kier alpha value is -3.48. The predicted octanol–water partition coefficient (Wildman–Crippen LogP) is 3.28. The average molecular weight is 364 g/mol. The van der Waals surface area contributed by atoms with E-state index in [0.717, 1.165) is 0 Å². The summed E-state index contributed by atoms with van der Waals surface area (Å²) in [4.78, 5) is 29.4. The maximum atomic E-state index is 12.9. The zero-order valence-corrected chi connectivity index (χ0v) is 15.4. The molecule has 3 aromatic rings.